The summed E-state index contributed by atoms with van der Waals surface area (Å²) < 4.78 is 11.0. The molecule has 5 nitrogen and oxygen atoms in total. The van der Waals surface area contributed by atoms with Crippen LogP contribution in [0.15, 0.2) is 0 Å². The van der Waals surface area contributed by atoms with E-state index >= 15 is 0 Å². The van der Waals surface area contributed by atoms with Crippen LogP contribution in [0, 0.1) is 0 Å². The first-order chi connectivity index (χ1) is 6.45. The van der Waals surface area contributed by atoms with Crippen LogP contribution < -0.4 is 0 Å². The van der Waals surface area contributed by atoms with E-state index in [0.29, 0.717) is 6.61 Å². The summed E-state index contributed by atoms with van der Waals surface area (Å²) in [6.07, 6.45) is -0.801. The maximum atomic E-state index is 8.91. The Labute approximate surface area is 87.2 Å². The second-order valence-electron chi connectivity index (χ2n) is 4.09. The van der Waals surface area contributed by atoms with Crippen molar-refractivity contribution >= 4 is 9.03 Å². The van der Waals surface area contributed by atoms with Crippen LogP contribution in [0.1, 0.15) is 0 Å². The van der Waals surface area contributed by atoms with Gasteiger partial charge in [-0.15, -0.1) is 0 Å². The van der Waals surface area contributed by atoms with Crippen molar-refractivity contribution in [3.63, 3.8) is 0 Å². The lowest BCUT2D eigenvalue weighted by Gasteiger charge is -2.23. The lowest BCUT2D eigenvalue weighted by Crippen LogP contribution is -2.37. The van der Waals surface area contributed by atoms with Crippen LogP contribution in [0.3, 0.4) is 0 Å². The van der Waals surface area contributed by atoms with Gasteiger partial charge in [-0.05, 0) is 0 Å². The highest BCUT2D eigenvalue weighted by molar-refractivity contribution is 7.26. The predicted molar refractivity (Wildman–Crippen MR) is 56.2 cm³/mol. The monoisotopic (exact) mass is 226 g/mol. The molecule has 0 heterocycles. The minimum absolute atomic E-state index is 0.0672. The Balaban J connectivity index is 3.14. The van der Waals surface area contributed by atoms with Gasteiger partial charge in [0.1, 0.15) is 19.3 Å². The number of quaternary nitrogens is 1. The molecule has 0 fully saturated rings. The first kappa shape index (κ1) is 14.2. The van der Waals surface area contributed by atoms with Gasteiger partial charge in [-0.3, -0.25) is 0 Å². The van der Waals surface area contributed by atoms with E-state index in [-0.39, 0.29) is 22.2 Å². The van der Waals surface area contributed by atoms with Crippen LogP contribution >= 0.6 is 9.03 Å². The third kappa shape index (κ3) is 10.3. The van der Waals surface area contributed by atoms with Gasteiger partial charge in [0.15, 0.2) is 9.03 Å². The van der Waals surface area contributed by atoms with E-state index in [1.165, 1.54) is 0 Å². The standard InChI is InChI=1S/C8H21NO4P/c1-9(2,3)4-5-12-14-13-7-8(11)6-10/h8,10-11,14H,4-7H2,1-3H3/q+1. The minimum atomic E-state index is -0.801. The zero-order valence-electron chi connectivity index (χ0n) is 9.06. The molecule has 0 spiro atoms. The molecule has 2 N–H and O–H groups in total. The summed E-state index contributed by atoms with van der Waals surface area (Å²) in [6, 6.07) is 0. The minimum Gasteiger partial charge on any atom is -0.394 e. The second-order valence-corrected chi connectivity index (χ2v) is 4.84. The van der Waals surface area contributed by atoms with Gasteiger partial charge in [0.25, 0.3) is 0 Å². The Morgan fingerprint density at radius 2 is 1.93 bits per heavy atom. The maximum absolute atomic E-state index is 8.91. The average Bonchev–Trinajstić information content (AvgIpc) is 2.08. The summed E-state index contributed by atoms with van der Waals surface area (Å²) in [6.45, 7) is 1.40. The van der Waals surface area contributed by atoms with Gasteiger partial charge in [-0.1, -0.05) is 0 Å². The molecule has 2 unspecified atom stereocenters. The van der Waals surface area contributed by atoms with Crippen LogP contribution in [-0.4, -0.2) is 68.3 Å². The van der Waals surface area contributed by atoms with Crippen molar-refractivity contribution in [3.05, 3.63) is 0 Å². The van der Waals surface area contributed by atoms with Crippen LogP contribution in [0.4, 0.5) is 0 Å². The molecule has 2 atom stereocenters. The summed E-state index contributed by atoms with van der Waals surface area (Å²) in [5.41, 5.74) is 0. The quantitative estimate of drug-likeness (QED) is 0.335. The number of aliphatic hydroxyl groups excluding tert-OH is 2. The van der Waals surface area contributed by atoms with Crippen molar-refractivity contribution in [2.75, 3.05) is 47.5 Å². The molecule has 86 valence electrons. The lowest BCUT2D eigenvalue weighted by molar-refractivity contribution is -0.870. The van der Waals surface area contributed by atoms with E-state index in [9.17, 15) is 0 Å². The van der Waals surface area contributed by atoms with Crippen molar-refractivity contribution < 1.29 is 23.7 Å². The molecular weight excluding hydrogens is 205 g/mol. The molecule has 0 saturated heterocycles. The number of aliphatic hydroxyl groups is 2. The van der Waals surface area contributed by atoms with Crippen LogP contribution in [0.25, 0.3) is 0 Å². The third-order valence-electron chi connectivity index (χ3n) is 1.47. The van der Waals surface area contributed by atoms with Crippen molar-refractivity contribution in [3.8, 4) is 0 Å². The molecule has 0 aliphatic heterocycles. The smallest absolute Gasteiger partial charge is 0.155 e. The Kier molecular flexibility index (Phi) is 7.64. The van der Waals surface area contributed by atoms with Gasteiger partial charge in [0.2, 0.25) is 0 Å². The summed E-state index contributed by atoms with van der Waals surface area (Å²) in [5.74, 6) is 0. The molecule has 0 aromatic carbocycles. The van der Waals surface area contributed by atoms with E-state index in [0.717, 1.165) is 11.0 Å². The van der Waals surface area contributed by atoms with Crippen LogP contribution in [-0.2, 0) is 9.05 Å². The molecular formula is C8H21NO4P+. The van der Waals surface area contributed by atoms with Gasteiger partial charge < -0.3 is 23.7 Å². The lowest BCUT2D eigenvalue weighted by atomic mass is 10.4. The summed E-state index contributed by atoms with van der Waals surface area (Å²) in [7, 11) is 6.19. The molecule has 0 aliphatic carbocycles. The SMILES string of the molecule is C[N+](C)(C)CCOPOCC(O)CO. The predicted octanol–water partition coefficient (Wildman–Crippen LogP) is -0.412. The van der Waals surface area contributed by atoms with Crippen molar-refractivity contribution in [2.24, 2.45) is 0 Å². The van der Waals surface area contributed by atoms with Gasteiger partial charge in [-0.25, -0.2) is 0 Å². The van der Waals surface area contributed by atoms with E-state index in [2.05, 4.69) is 21.1 Å². The van der Waals surface area contributed by atoms with Gasteiger partial charge in [0.05, 0.1) is 34.4 Å². The van der Waals surface area contributed by atoms with Crippen molar-refractivity contribution in [2.45, 2.75) is 6.10 Å². The first-order valence-corrected chi connectivity index (χ1v) is 5.35. The molecule has 6 heteroatoms. The Bertz CT molecular complexity index is 140. The Hall–Kier alpha value is 0.230. The largest absolute Gasteiger partial charge is 0.394 e. The fourth-order valence-electron chi connectivity index (χ4n) is 0.586. The van der Waals surface area contributed by atoms with Gasteiger partial charge in [0, 0.05) is 0 Å². The highest BCUT2D eigenvalue weighted by Crippen LogP contribution is 2.13. The molecule has 0 rings (SSSR count). The van der Waals surface area contributed by atoms with Crippen LogP contribution in [0.2, 0.25) is 0 Å². The molecule has 0 amide bonds. The first-order valence-electron chi connectivity index (χ1n) is 4.53. The summed E-state index contributed by atoms with van der Waals surface area (Å²) >= 11 is 0. The topological polar surface area (TPSA) is 58.9 Å². The molecule has 0 aromatic rings. The van der Waals surface area contributed by atoms with E-state index in [1.807, 2.05) is 0 Å². The van der Waals surface area contributed by atoms with E-state index < -0.39 is 6.10 Å². The molecule has 0 aliphatic rings. The zero-order chi connectivity index (χ0) is 11.0. The fourth-order valence-corrected chi connectivity index (χ4v) is 1.10. The number of hydrogen-bond donors (Lipinski definition) is 2. The highest BCUT2D eigenvalue weighted by Gasteiger charge is 2.06. The summed E-state index contributed by atoms with van der Waals surface area (Å²) in [5, 5.41) is 17.4. The van der Waals surface area contributed by atoms with Crippen molar-refractivity contribution in [1.82, 2.24) is 0 Å². The van der Waals surface area contributed by atoms with E-state index in [4.69, 9.17) is 19.3 Å². The number of nitrogens with zero attached hydrogens (tertiary/aromatic N) is 1. The average molecular weight is 226 g/mol. The summed E-state index contributed by atoms with van der Waals surface area (Å²) in [4.78, 5) is 0. The number of likely N-dealkylation sites (N-methyl/N-ethyl adjacent to an activating group) is 1. The Morgan fingerprint density at radius 1 is 1.29 bits per heavy atom. The molecule has 0 aromatic heterocycles. The zero-order valence-corrected chi connectivity index (χ0v) is 10.1. The van der Waals surface area contributed by atoms with Gasteiger partial charge in [-0.2, -0.15) is 0 Å². The maximum Gasteiger partial charge on any atom is 0.155 e. The van der Waals surface area contributed by atoms with Gasteiger partial charge >= 0.3 is 0 Å². The molecule has 0 saturated carbocycles. The second kappa shape index (κ2) is 7.51. The Morgan fingerprint density at radius 3 is 2.43 bits per heavy atom. The van der Waals surface area contributed by atoms with E-state index in [1.54, 1.807) is 0 Å². The number of hydrogen-bond acceptors (Lipinski definition) is 4. The molecule has 0 radical (unpaired) electrons. The normalized spacial score (nSPS) is 15.2. The fraction of sp³-hybridized carbons (Fsp3) is 1.00. The number of rotatable bonds is 8. The molecule has 0 bridgehead atoms. The molecule has 14 heavy (non-hydrogen) atoms. The van der Waals surface area contributed by atoms with Crippen LogP contribution in [0.5, 0.6) is 0 Å². The van der Waals surface area contributed by atoms with Crippen molar-refractivity contribution in [1.29, 1.82) is 0 Å². The highest BCUT2D eigenvalue weighted by atomic mass is 31.1. The third-order valence-corrected chi connectivity index (χ3v) is 2.07.